The van der Waals surface area contributed by atoms with Gasteiger partial charge in [0.25, 0.3) is 0 Å². The van der Waals surface area contributed by atoms with Crippen molar-refractivity contribution in [2.75, 3.05) is 0 Å². The summed E-state index contributed by atoms with van der Waals surface area (Å²) < 4.78 is 6.85. The van der Waals surface area contributed by atoms with Gasteiger partial charge in [0.15, 0.2) is 0 Å². The topological polar surface area (TPSA) is 85.8 Å². The maximum Gasteiger partial charge on any atom is 0.220 e. The first-order chi connectivity index (χ1) is 12.0. The number of aryl methyl sites for hydroxylation is 3. The smallest absolute Gasteiger partial charge is 0.220 e. The first kappa shape index (κ1) is 16.9. The van der Waals surface area contributed by atoms with Gasteiger partial charge in [-0.25, -0.2) is 0 Å². The van der Waals surface area contributed by atoms with E-state index in [0.29, 0.717) is 19.4 Å². The molecule has 3 heterocycles. The Morgan fingerprint density at radius 2 is 2.20 bits per heavy atom. The van der Waals surface area contributed by atoms with Gasteiger partial charge in [-0.2, -0.15) is 5.10 Å². The summed E-state index contributed by atoms with van der Waals surface area (Å²) in [6.07, 6.45) is 6.46. The molecule has 1 N–H and O–H groups in total. The van der Waals surface area contributed by atoms with E-state index in [4.69, 9.17) is 4.52 Å². The van der Waals surface area contributed by atoms with Gasteiger partial charge in [0, 0.05) is 43.5 Å². The van der Waals surface area contributed by atoms with Crippen LogP contribution in [-0.4, -0.2) is 25.8 Å². The summed E-state index contributed by atoms with van der Waals surface area (Å²) in [7, 11) is 1.87. The van der Waals surface area contributed by atoms with Crippen LogP contribution < -0.4 is 5.32 Å². The molecular formula is C18H21N5O2. The minimum atomic E-state index is -0.000241. The summed E-state index contributed by atoms with van der Waals surface area (Å²) in [5.74, 6) is 0.778. The average molecular weight is 339 g/mol. The van der Waals surface area contributed by atoms with Crippen molar-refractivity contribution in [3.05, 3.63) is 53.3 Å². The van der Waals surface area contributed by atoms with E-state index in [1.165, 1.54) is 0 Å². The second-order valence-corrected chi connectivity index (χ2v) is 6.03. The van der Waals surface area contributed by atoms with Crippen molar-refractivity contribution in [1.82, 2.24) is 25.2 Å². The van der Waals surface area contributed by atoms with Crippen LogP contribution in [-0.2, 0) is 24.8 Å². The van der Waals surface area contributed by atoms with Gasteiger partial charge in [-0.15, -0.1) is 0 Å². The number of pyridine rings is 1. The fraction of sp³-hybridized carbons (Fsp3) is 0.333. The third kappa shape index (κ3) is 4.12. The Morgan fingerprint density at radius 3 is 2.88 bits per heavy atom. The highest BCUT2D eigenvalue weighted by atomic mass is 16.5. The zero-order valence-corrected chi connectivity index (χ0v) is 14.6. The number of aromatic nitrogens is 4. The van der Waals surface area contributed by atoms with Crippen LogP contribution in [0.3, 0.4) is 0 Å². The van der Waals surface area contributed by atoms with Crippen LogP contribution in [0.5, 0.6) is 0 Å². The fourth-order valence-electron chi connectivity index (χ4n) is 2.68. The molecule has 25 heavy (non-hydrogen) atoms. The molecule has 7 nitrogen and oxygen atoms in total. The highest BCUT2D eigenvalue weighted by Gasteiger charge is 2.11. The largest absolute Gasteiger partial charge is 0.361 e. The molecule has 0 bridgehead atoms. The SMILES string of the molecule is Cc1noc(C)c1CCC(=O)NCc1ccnc(-c2cnn(C)c2)c1. The molecule has 0 radical (unpaired) electrons. The normalized spacial score (nSPS) is 10.8. The van der Waals surface area contributed by atoms with Crippen molar-refractivity contribution in [3.8, 4) is 11.3 Å². The van der Waals surface area contributed by atoms with Crippen molar-refractivity contribution in [3.63, 3.8) is 0 Å². The number of hydrogen-bond donors (Lipinski definition) is 1. The molecule has 3 aromatic rings. The van der Waals surface area contributed by atoms with Crippen LogP contribution in [0.15, 0.2) is 35.2 Å². The second kappa shape index (κ2) is 7.29. The Bertz CT molecular complexity index is 862. The van der Waals surface area contributed by atoms with Crippen LogP contribution in [0.2, 0.25) is 0 Å². The number of carbonyl (C=O) groups excluding carboxylic acids is 1. The molecule has 0 fully saturated rings. The Labute approximate surface area is 146 Å². The summed E-state index contributed by atoms with van der Waals surface area (Å²) in [5, 5.41) is 11.0. The van der Waals surface area contributed by atoms with Crippen molar-refractivity contribution >= 4 is 5.91 Å². The zero-order chi connectivity index (χ0) is 17.8. The van der Waals surface area contributed by atoms with Gasteiger partial charge in [0.1, 0.15) is 5.76 Å². The Morgan fingerprint density at radius 1 is 1.36 bits per heavy atom. The molecule has 7 heteroatoms. The molecule has 0 atom stereocenters. The third-order valence-corrected chi connectivity index (χ3v) is 4.10. The number of carbonyl (C=O) groups is 1. The van der Waals surface area contributed by atoms with Gasteiger partial charge in [0.2, 0.25) is 5.91 Å². The highest BCUT2D eigenvalue weighted by molar-refractivity contribution is 5.76. The Balaban J connectivity index is 1.55. The lowest BCUT2D eigenvalue weighted by Gasteiger charge is -2.06. The summed E-state index contributed by atoms with van der Waals surface area (Å²) >= 11 is 0. The number of rotatable bonds is 6. The van der Waals surface area contributed by atoms with E-state index in [1.54, 1.807) is 17.1 Å². The Hall–Kier alpha value is -2.96. The van der Waals surface area contributed by atoms with E-state index in [9.17, 15) is 4.79 Å². The lowest BCUT2D eigenvalue weighted by atomic mass is 10.1. The standard InChI is InChI=1S/C18H21N5O2/c1-12-16(13(2)25-22-12)4-5-18(24)20-9-14-6-7-19-17(8-14)15-10-21-23(3)11-15/h6-8,10-11H,4-5,9H2,1-3H3,(H,20,24). The summed E-state index contributed by atoms with van der Waals surface area (Å²) in [6.45, 7) is 4.22. The monoisotopic (exact) mass is 339 g/mol. The average Bonchev–Trinajstić information content (AvgIpc) is 3.17. The van der Waals surface area contributed by atoms with Crippen LogP contribution in [0, 0.1) is 13.8 Å². The third-order valence-electron chi connectivity index (χ3n) is 4.10. The lowest BCUT2D eigenvalue weighted by molar-refractivity contribution is -0.121. The van der Waals surface area contributed by atoms with Crippen molar-refractivity contribution in [2.45, 2.75) is 33.2 Å². The number of hydrogen-bond acceptors (Lipinski definition) is 5. The molecular weight excluding hydrogens is 318 g/mol. The number of amides is 1. The molecule has 0 saturated heterocycles. The molecule has 3 rings (SSSR count). The molecule has 0 unspecified atom stereocenters. The molecule has 3 aromatic heterocycles. The quantitative estimate of drug-likeness (QED) is 0.745. The van der Waals surface area contributed by atoms with E-state index in [-0.39, 0.29) is 5.91 Å². The molecule has 0 spiro atoms. The molecule has 0 saturated carbocycles. The van der Waals surface area contributed by atoms with Crippen LogP contribution in [0.25, 0.3) is 11.3 Å². The van der Waals surface area contributed by atoms with Crippen LogP contribution in [0.1, 0.15) is 29.0 Å². The summed E-state index contributed by atoms with van der Waals surface area (Å²) in [5.41, 5.74) is 4.66. The predicted octanol–water partition coefficient (Wildman–Crippen LogP) is 2.34. The zero-order valence-electron chi connectivity index (χ0n) is 14.6. The van der Waals surface area contributed by atoms with E-state index < -0.39 is 0 Å². The maximum absolute atomic E-state index is 12.1. The number of nitrogens with one attached hydrogen (secondary N) is 1. The highest BCUT2D eigenvalue weighted by Crippen LogP contribution is 2.17. The molecule has 0 aromatic carbocycles. The molecule has 0 aliphatic rings. The van der Waals surface area contributed by atoms with Gasteiger partial charge < -0.3 is 9.84 Å². The predicted molar refractivity (Wildman–Crippen MR) is 92.6 cm³/mol. The van der Waals surface area contributed by atoms with E-state index >= 15 is 0 Å². The van der Waals surface area contributed by atoms with Gasteiger partial charge in [0.05, 0.1) is 17.6 Å². The minimum absolute atomic E-state index is 0.000241. The van der Waals surface area contributed by atoms with Gasteiger partial charge in [-0.1, -0.05) is 5.16 Å². The van der Waals surface area contributed by atoms with Crippen LogP contribution >= 0.6 is 0 Å². The first-order valence-electron chi connectivity index (χ1n) is 8.15. The molecule has 0 aliphatic heterocycles. The van der Waals surface area contributed by atoms with Gasteiger partial charge in [-0.3, -0.25) is 14.5 Å². The van der Waals surface area contributed by atoms with E-state index in [1.807, 2.05) is 39.2 Å². The van der Waals surface area contributed by atoms with Gasteiger partial charge >= 0.3 is 0 Å². The summed E-state index contributed by atoms with van der Waals surface area (Å²) in [4.78, 5) is 16.5. The van der Waals surface area contributed by atoms with Crippen molar-refractivity contribution in [1.29, 1.82) is 0 Å². The van der Waals surface area contributed by atoms with Crippen molar-refractivity contribution < 1.29 is 9.32 Å². The number of nitrogens with zero attached hydrogens (tertiary/aromatic N) is 4. The van der Waals surface area contributed by atoms with Crippen molar-refractivity contribution in [2.24, 2.45) is 7.05 Å². The summed E-state index contributed by atoms with van der Waals surface area (Å²) in [6, 6.07) is 3.86. The Kier molecular flexibility index (Phi) is 4.92. The lowest BCUT2D eigenvalue weighted by Crippen LogP contribution is -2.23. The maximum atomic E-state index is 12.1. The van der Waals surface area contributed by atoms with Crippen LogP contribution in [0.4, 0.5) is 0 Å². The van der Waals surface area contributed by atoms with Gasteiger partial charge in [-0.05, 0) is 38.0 Å². The second-order valence-electron chi connectivity index (χ2n) is 6.03. The van der Waals surface area contributed by atoms with E-state index in [0.717, 1.165) is 33.8 Å². The molecule has 0 aliphatic carbocycles. The first-order valence-corrected chi connectivity index (χ1v) is 8.15. The molecule has 1 amide bonds. The molecule has 130 valence electrons. The minimum Gasteiger partial charge on any atom is -0.361 e. The van der Waals surface area contributed by atoms with E-state index in [2.05, 4.69) is 20.6 Å². The fourth-order valence-corrected chi connectivity index (χ4v) is 2.68.